The van der Waals surface area contributed by atoms with Crippen LogP contribution < -0.4 is 9.92 Å². The van der Waals surface area contributed by atoms with Gasteiger partial charge >= 0.3 is 0 Å². The van der Waals surface area contributed by atoms with Crippen molar-refractivity contribution >= 4 is 19.5 Å². The van der Waals surface area contributed by atoms with Crippen LogP contribution in [0, 0.1) is 5.82 Å². The zero-order valence-electron chi connectivity index (χ0n) is 10.8. The molecule has 0 saturated carbocycles. The number of hydrogen-bond donors (Lipinski definition) is 0. The fourth-order valence-electron chi connectivity index (χ4n) is 1.82. The normalized spacial score (nSPS) is 11.4. The van der Waals surface area contributed by atoms with Crippen molar-refractivity contribution in [2.75, 3.05) is 6.61 Å². The maximum atomic E-state index is 14.3. The fraction of sp³-hybridized carbons (Fsp3) is 0.462. The minimum absolute atomic E-state index is 0.121. The molecule has 0 amide bonds. The summed E-state index contributed by atoms with van der Waals surface area (Å²) in [5.41, 5.74) is 0.459. The van der Waals surface area contributed by atoms with Crippen LogP contribution in [0.1, 0.15) is 12.5 Å². The second kappa shape index (κ2) is 5.45. The first kappa shape index (κ1) is 13.9. The van der Waals surface area contributed by atoms with Crippen molar-refractivity contribution in [3.05, 3.63) is 23.5 Å². The standard InChI is InChI=1S/C13H19FO2Si/c1-5-16-11-7-6-10(8-9-15)12(14)13(11)17(2,3)4/h6-7,9H,5,8H2,1-4H3. The minimum atomic E-state index is -1.84. The largest absolute Gasteiger partial charge is 0.494 e. The summed E-state index contributed by atoms with van der Waals surface area (Å²) in [6.07, 6.45) is 0.850. The lowest BCUT2D eigenvalue weighted by Crippen LogP contribution is -2.41. The zero-order valence-corrected chi connectivity index (χ0v) is 11.8. The topological polar surface area (TPSA) is 26.3 Å². The smallest absolute Gasteiger partial charge is 0.129 e. The summed E-state index contributed by atoms with van der Waals surface area (Å²) in [6, 6.07) is 3.41. The van der Waals surface area contributed by atoms with E-state index in [-0.39, 0.29) is 12.2 Å². The molecule has 4 heteroatoms. The van der Waals surface area contributed by atoms with Crippen LogP contribution in [0.15, 0.2) is 12.1 Å². The number of halogens is 1. The van der Waals surface area contributed by atoms with Crippen LogP contribution in [0.3, 0.4) is 0 Å². The Morgan fingerprint density at radius 3 is 2.47 bits per heavy atom. The molecule has 0 saturated heterocycles. The van der Waals surface area contributed by atoms with E-state index in [4.69, 9.17) is 4.74 Å². The highest BCUT2D eigenvalue weighted by Crippen LogP contribution is 2.20. The summed E-state index contributed by atoms with van der Waals surface area (Å²) in [7, 11) is -1.84. The van der Waals surface area contributed by atoms with Crippen LogP contribution in [-0.2, 0) is 11.2 Å². The summed E-state index contributed by atoms with van der Waals surface area (Å²) >= 11 is 0. The number of carbonyl (C=O) groups excluding carboxylic acids is 1. The molecule has 0 heterocycles. The van der Waals surface area contributed by atoms with E-state index in [1.807, 2.05) is 6.92 Å². The summed E-state index contributed by atoms with van der Waals surface area (Å²) in [5.74, 6) is 0.362. The van der Waals surface area contributed by atoms with Crippen LogP contribution in [0.2, 0.25) is 19.6 Å². The number of hydrogen-bond acceptors (Lipinski definition) is 2. The Labute approximate surface area is 103 Å². The van der Waals surface area contributed by atoms with Gasteiger partial charge in [0.2, 0.25) is 0 Å². The molecule has 0 aromatic heterocycles. The van der Waals surface area contributed by atoms with Gasteiger partial charge in [0.25, 0.3) is 0 Å². The van der Waals surface area contributed by atoms with Crippen LogP contribution in [0.4, 0.5) is 4.39 Å². The van der Waals surface area contributed by atoms with Gasteiger partial charge in [0.15, 0.2) is 0 Å². The van der Waals surface area contributed by atoms with Gasteiger partial charge in [-0.25, -0.2) is 4.39 Å². The average Bonchev–Trinajstić information content (AvgIpc) is 2.21. The lowest BCUT2D eigenvalue weighted by Gasteiger charge is -2.22. The predicted octanol–water partition coefficient (Wildman–Crippen LogP) is 2.51. The first-order valence-electron chi connectivity index (χ1n) is 5.80. The van der Waals surface area contributed by atoms with Crippen LogP contribution in [-0.4, -0.2) is 21.0 Å². The molecule has 94 valence electrons. The Balaban J connectivity index is 3.36. The Morgan fingerprint density at radius 2 is 2.00 bits per heavy atom. The van der Waals surface area contributed by atoms with E-state index in [1.54, 1.807) is 12.1 Å². The second-order valence-electron chi connectivity index (χ2n) is 4.97. The molecule has 2 nitrogen and oxygen atoms in total. The van der Waals surface area contributed by atoms with E-state index in [1.165, 1.54) is 0 Å². The van der Waals surface area contributed by atoms with E-state index in [2.05, 4.69) is 19.6 Å². The third-order valence-corrected chi connectivity index (χ3v) is 4.50. The van der Waals surface area contributed by atoms with Gasteiger partial charge in [0.1, 0.15) is 17.9 Å². The van der Waals surface area contributed by atoms with Gasteiger partial charge in [0, 0.05) is 11.6 Å². The van der Waals surface area contributed by atoms with Gasteiger partial charge in [-0.05, 0) is 18.6 Å². The van der Waals surface area contributed by atoms with E-state index in [9.17, 15) is 9.18 Å². The molecule has 0 aliphatic rings. The third kappa shape index (κ3) is 3.16. The molecular weight excluding hydrogens is 235 g/mol. The first-order chi connectivity index (χ1) is 7.91. The van der Waals surface area contributed by atoms with Gasteiger partial charge in [-0.1, -0.05) is 25.7 Å². The number of ether oxygens (including phenoxy) is 1. The van der Waals surface area contributed by atoms with Crippen molar-refractivity contribution in [3.63, 3.8) is 0 Å². The SMILES string of the molecule is CCOc1ccc(CC=O)c(F)c1[Si](C)(C)C. The van der Waals surface area contributed by atoms with Crippen molar-refractivity contribution in [2.24, 2.45) is 0 Å². The molecule has 0 N–H and O–H groups in total. The zero-order chi connectivity index (χ0) is 13.1. The van der Waals surface area contributed by atoms with Crippen LogP contribution >= 0.6 is 0 Å². The average molecular weight is 254 g/mol. The van der Waals surface area contributed by atoms with Gasteiger partial charge in [0.05, 0.1) is 14.7 Å². The van der Waals surface area contributed by atoms with Crippen molar-refractivity contribution in [1.29, 1.82) is 0 Å². The molecule has 0 spiro atoms. The highest BCUT2D eigenvalue weighted by molar-refractivity contribution is 6.89. The van der Waals surface area contributed by atoms with Crippen molar-refractivity contribution < 1.29 is 13.9 Å². The Bertz CT molecular complexity index is 411. The van der Waals surface area contributed by atoms with Crippen LogP contribution in [0.5, 0.6) is 5.75 Å². The van der Waals surface area contributed by atoms with Gasteiger partial charge in [-0.3, -0.25) is 0 Å². The lowest BCUT2D eigenvalue weighted by molar-refractivity contribution is -0.107. The number of rotatable bonds is 5. The Hall–Kier alpha value is -1.16. The fourth-order valence-corrected chi connectivity index (χ4v) is 3.54. The summed E-state index contributed by atoms with van der Waals surface area (Å²) in [6.45, 7) is 8.60. The highest BCUT2D eigenvalue weighted by Gasteiger charge is 2.27. The molecule has 1 rings (SSSR count). The summed E-state index contributed by atoms with van der Waals surface area (Å²) in [4.78, 5) is 10.5. The molecule has 1 aromatic carbocycles. The maximum absolute atomic E-state index is 14.3. The first-order valence-corrected chi connectivity index (χ1v) is 9.30. The molecule has 0 fully saturated rings. The molecule has 0 atom stereocenters. The number of benzene rings is 1. The maximum Gasteiger partial charge on any atom is 0.129 e. The Morgan fingerprint density at radius 1 is 1.35 bits per heavy atom. The molecule has 0 aliphatic heterocycles. The predicted molar refractivity (Wildman–Crippen MR) is 70.3 cm³/mol. The molecule has 0 bridgehead atoms. The molecule has 0 aliphatic carbocycles. The van der Waals surface area contributed by atoms with Crippen molar-refractivity contribution in [3.8, 4) is 5.75 Å². The molecule has 0 unspecified atom stereocenters. The second-order valence-corrected chi connectivity index (χ2v) is 9.97. The third-order valence-electron chi connectivity index (χ3n) is 2.54. The monoisotopic (exact) mass is 254 g/mol. The van der Waals surface area contributed by atoms with E-state index in [0.717, 1.165) is 6.29 Å². The Kier molecular flexibility index (Phi) is 4.45. The van der Waals surface area contributed by atoms with E-state index in [0.29, 0.717) is 23.1 Å². The molecule has 1 aromatic rings. The summed E-state index contributed by atoms with van der Waals surface area (Å²) < 4.78 is 19.8. The molecule has 17 heavy (non-hydrogen) atoms. The minimum Gasteiger partial charge on any atom is -0.494 e. The highest BCUT2D eigenvalue weighted by atomic mass is 28.3. The van der Waals surface area contributed by atoms with Gasteiger partial charge in [-0.15, -0.1) is 0 Å². The van der Waals surface area contributed by atoms with E-state index < -0.39 is 8.07 Å². The van der Waals surface area contributed by atoms with Crippen molar-refractivity contribution in [1.82, 2.24) is 0 Å². The quantitative estimate of drug-likeness (QED) is 0.596. The number of carbonyl (C=O) groups is 1. The molecule has 0 radical (unpaired) electrons. The summed E-state index contributed by atoms with van der Waals surface area (Å²) in [5, 5.41) is 0.679. The van der Waals surface area contributed by atoms with E-state index >= 15 is 0 Å². The van der Waals surface area contributed by atoms with Gasteiger partial charge < -0.3 is 9.53 Å². The lowest BCUT2D eigenvalue weighted by atomic mass is 10.1. The molecular formula is C13H19FO2Si. The van der Waals surface area contributed by atoms with Crippen molar-refractivity contribution in [2.45, 2.75) is 33.0 Å². The number of aldehydes is 1. The van der Waals surface area contributed by atoms with Gasteiger partial charge in [-0.2, -0.15) is 0 Å². The van der Waals surface area contributed by atoms with Crippen LogP contribution in [0.25, 0.3) is 0 Å².